The van der Waals surface area contributed by atoms with E-state index in [1.54, 1.807) is 12.1 Å². The number of nitrogens with one attached hydrogen (secondary N) is 1. The van der Waals surface area contributed by atoms with Crippen molar-refractivity contribution in [2.24, 2.45) is 5.73 Å². The lowest BCUT2D eigenvalue weighted by Crippen LogP contribution is -2.43. The van der Waals surface area contributed by atoms with E-state index in [0.717, 1.165) is 17.7 Å². The summed E-state index contributed by atoms with van der Waals surface area (Å²) in [7, 11) is 0. The number of urea groups is 1. The molecule has 1 aromatic heterocycles. The molecule has 184 valence electrons. The Bertz CT molecular complexity index is 1300. The van der Waals surface area contributed by atoms with E-state index in [4.69, 9.17) is 5.73 Å². The maximum Gasteiger partial charge on any atom is 0.573 e. The quantitative estimate of drug-likeness (QED) is 0.548. The third-order valence-corrected chi connectivity index (χ3v) is 5.84. The van der Waals surface area contributed by atoms with Crippen molar-refractivity contribution in [1.82, 2.24) is 9.47 Å². The molecule has 3 N–H and O–H groups in total. The minimum Gasteiger partial charge on any atom is -0.406 e. The van der Waals surface area contributed by atoms with Gasteiger partial charge in [-0.25, -0.2) is 9.59 Å². The highest BCUT2D eigenvalue weighted by Gasteiger charge is 2.35. The van der Waals surface area contributed by atoms with Gasteiger partial charge in [-0.2, -0.15) is 0 Å². The van der Waals surface area contributed by atoms with E-state index in [9.17, 15) is 27.6 Å². The van der Waals surface area contributed by atoms with Gasteiger partial charge in [-0.15, -0.1) is 13.2 Å². The first-order valence-corrected chi connectivity index (χ1v) is 10.9. The summed E-state index contributed by atoms with van der Waals surface area (Å²) in [6.45, 7) is 2.20. The van der Waals surface area contributed by atoms with Crippen LogP contribution in [0.3, 0.4) is 0 Å². The third kappa shape index (κ3) is 5.39. The number of alkyl halides is 3. The Morgan fingerprint density at radius 1 is 1.17 bits per heavy atom. The Kier molecular flexibility index (Phi) is 6.42. The molecule has 2 heterocycles. The van der Waals surface area contributed by atoms with Crippen LogP contribution in [0, 0.1) is 6.92 Å². The number of primary amides is 1. The summed E-state index contributed by atoms with van der Waals surface area (Å²) >= 11 is 0. The first-order chi connectivity index (χ1) is 16.5. The standard InChI is InChI=1S/C24H23F3N4O4/c1-14-7-8-17-18(13-31(22(28)33)20(17)10-14)29-23(34)30-9-3-6-19(30)21(32)12-15-4-2-5-16(11-15)35-24(25,26)27/h2,4-5,7-8,10-11,13,19H,3,6,9,12H2,1H3,(H2,28,33)(H,29,34)/t19-/m0/s1. The molecule has 2 aromatic carbocycles. The van der Waals surface area contributed by atoms with Crippen molar-refractivity contribution in [2.75, 3.05) is 11.9 Å². The van der Waals surface area contributed by atoms with Gasteiger partial charge in [0.2, 0.25) is 0 Å². The maximum absolute atomic E-state index is 13.1. The average Bonchev–Trinajstić information content (AvgIpc) is 3.38. The van der Waals surface area contributed by atoms with Crippen molar-refractivity contribution < 1.29 is 32.3 Å². The molecular weight excluding hydrogens is 465 g/mol. The number of carbonyl (C=O) groups is 3. The molecule has 0 radical (unpaired) electrons. The van der Waals surface area contributed by atoms with Crippen molar-refractivity contribution in [1.29, 1.82) is 0 Å². The summed E-state index contributed by atoms with van der Waals surface area (Å²) in [6, 6.07) is 8.64. The molecule has 0 saturated carbocycles. The van der Waals surface area contributed by atoms with Gasteiger partial charge in [0.15, 0.2) is 5.78 Å². The van der Waals surface area contributed by atoms with Gasteiger partial charge in [-0.1, -0.05) is 24.3 Å². The number of aromatic nitrogens is 1. The molecular formula is C24H23F3N4O4. The van der Waals surface area contributed by atoms with Crippen LogP contribution in [0.1, 0.15) is 24.0 Å². The molecule has 1 saturated heterocycles. The zero-order chi connectivity index (χ0) is 25.3. The first kappa shape index (κ1) is 24.1. The van der Waals surface area contributed by atoms with Crippen LogP contribution in [-0.4, -0.2) is 46.3 Å². The number of ether oxygens (including phenoxy) is 1. The molecule has 0 spiro atoms. The number of hydrogen-bond acceptors (Lipinski definition) is 4. The fourth-order valence-electron chi connectivity index (χ4n) is 4.32. The maximum atomic E-state index is 13.1. The molecule has 1 aliphatic heterocycles. The molecule has 0 bridgehead atoms. The van der Waals surface area contributed by atoms with Gasteiger partial charge >= 0.3 is 18.4 Å². The van der Waals surface area contributed by atoms with Crippen LogP contribution in [0.5, 0.6) is 5.75 Å². The Morgan fingerprint density at radius 2 is 1.94 bits per heavy atom. The predicted octanol–water partition coefficient (Wildman–Crippen LogP) is 4.58. The minimum atomic E-state index is -4.83. The van der Waals surface area contributed by atoms with Gasteiger partial charge in [0.1, 0.15) is 5.75 Å². The SMILES string of the molecule is Cc1ccc2c(NC(=O)N3CCC[C@H]3C(=O)Cc3cccc(OC(F)(F)F)c3)cn(C(N)=O)c2c1. The number of carbonyl (C=O) groups excluding carboxylic acids is 3. The van der Waals surface area contributed by atoms with Crippen LogP contribution >= 0.6 is 0 Å². The topological polar surface area (TPSA) is 107 Å². The number of halogens is 3. The molecule has 3 amide bonds. The van der Waals surface area contributed by atoms with Crippen molar-refractivity contribution in [3.63, 3.8) is 0 Å². The van der Waals surface area contributed by atoms with Crippen molar-refractivity contribution >= 4 is 34.4 Å². The molecule has 8 nitrogen and oxygen atoms in total. The van der Waals surface area contributed by atoms with Crippen molar-refractivity contribution in [2.45, 2.75) is 38.6 Å². The van der Waals surface area contributed by atoms with Crippen molar-refractivity contribution in [3.8, 4) is 5.75 Å². The van der Waals surface area contributed by atoms with Gasteiger partial charge in [0, 0.05) is 24.5 Å². The number of nitrogens with two attached hydrogens (primary N) is 1. The molecule has 1 aliphatic rings. The van der Waals surface area contributed by atoms with Crippen LogP contribution in [0.15, 0.2) is 48.7 Å². The number of ketones is 1. The number of fused-ring (bicyclic) bond motifs is 1. The van der Waals surface area contributed by atoms with Crippen molar-refractivity contribution in [3.05, 3.63) is 59.8 Å². The van der Waals surface area contributed by atoms with Gasteiger partial charge < -0.3 is 20.7 Å². The fourth-order valence-corrected chi connectivity index (χ4v) is 4.32. The molecule has 11 heteroatoms. The zero-order valence-corrected chi connectivity index (χ0v) is 18.8. The molecule has 4 rings (SSSR count). The zero-order valence-electron chi connectivity index (χ0n) is 18.8. The molecule has 1 fully saturated rings. The lowest BCUT2D eigenvalue weighted by molar-refractivity contribution is -0.274. The molecule has 1 atom stereocenters. The van der Waals surface area contributed by atoms with Crippen LogP contribution in [0.25, 0.3) is 10.9 Å². The number of nitrogens with zero attached hydrogens (tertiary/aromatic N) is 2. The minimum absolute atomic E-state index is 0.149. The van der Waals surface area contributed by atoms with Gasteiger partial charge in [-0.3, -0.25) is 9.36 Å². The smallest absolute Gasteiger partial charge is 0.406 e. The number of rotatable bonds is 5. The van der Waals surface area contributed by atoms with Gasteiger partial charge in [0.25, 0.3) is 0 Å². The Hall–Kier alpha value is -4.02. The number of aryl methyl sites for hydroxylation is 1. The van der Waals surface area contributed by atoms with Crippen LogP contribution in [-0.2, 0) is 11.2 Å². The van der Waals surface area contributed by atoms with E-state index < -0.39 is 30.2 Å². The van der Waals surface area contributed by atoms with E-state index in [-0.39, 0.29) is 12.2 Å². The Balaban J connectivity index is 1.49. The lowest BCUT2D eigenvalue weighted by Gasteiger charge is -2.24. The fraction of sp³-hybridized carbons (Fsp3) is 0.292. The number of hydrogen-bond donors (Lipinski definition) is 2. The normalized spacial score (nSPS) is 15.9. The van der Waals surface area contributed by atoms with Crippen LogP contribution in [0.4, 0.5) is 28.4 Å². The first-order valence-electron chi connectivity index (χ1n) is 10.9. The number of likely N-dealkylation sites (tertiary alicyclic amines) is 1. The largest absolute Gasteiger partial charge is 0.573 e. The summed E-state index contributed by atoms with van der Waals surface area (Å²) in [5, 5.41) is 3.38. The van der Waals surface area contributed by atoms with E-state index in [0.29, 0.717) is 41.5 Å². The second-order valence-electron chi connectivity index (χ2n) is 8.39. The monoisotopic (exact) mass is 488 g/mol. The molecule has 0 unspecified atom stereocenters. The lowest BCUT2D eigenvalue weighted by atomic mass is 10.0. The summed E-state index contributed by atoms with van der Waals surface area (Å²) < 4.78 is 42.6. The van der Waals surface area contributed by atoms with Gasteiger partial charge in [-0.05, 0) is 49.1 Å². The average molecular weight is 488 g/mol. The second kappa shape index (κ2) is 9.32. The summed E-state index contributed by atoms with van der Waals surface area (Å²) in [4.78, 5) is 39.3. The van der Waals surface area contributed by atoms with E-state index in [2.05, 4.69) is 10.1 Å². The van der Waals surface area contributed by atoms with Gasteiger partial charge in [0.05, 0.1) is 17.2 Å². The summed E-state index contributed by atoms with van der Waals surface area (Å²) in [5.41, 5.74) is 7.64. The Labute approximate surface area is 198 Å². The summed E-state index contributed by atoms with van der Waals surface area (Å²) in [6.07, 6.45) is -2.51. The highest BCUT2D eigenvalue weighted by molar-refractivity contribution is 6.05. The number of amides is 3. The Morgan fingerprint density at radius 3 is 2.66 bits per heavy atom. The number of anilines is 1. The number of Topliss-reactive ketones (excluding diaryl/α,β-unsaturated/α-hetero) is 1. The van der Waals surface area contributed by atoms with E-state index >= 15 is 0 Å². The van der Waals surface area contributed by atoms with E-state index in [1.807, 2.05) is 13.0 Å². The second-order valence-corrected chi connectivity index (χ2v) is 8.39. The highest BCUT2D eigenvalue weighted by atomic mass is 19.4. The van der Waals surface area contributed by atoms with E-state index in [1.165, 1.54) is 27.8 Å². The highest BCUT2D eigenvalue weighted by Crippen LogP contribution is 2.29. The third-order valence-electron chi connectivity index (χ3n) is 5.84. The molecule has 35 heavy (non-hydrogen) atoms. The van der Waals surface area contributed by atoms with Crippen LogP contribution < -0.4 is 15.8 Å². The predicted molar refractivity (Wildman–Crippen MR) is 122 cm³/mol. The van der Waals surface area contributed by atoms with Crippen LogP contribution in [0.2, 0.25) is 0 Å². The molecule has 3 aromatic rings. The molecule has 0 aliphatic carbocycles. The summed E-state index contributed by atoms with van der Waals surface area (Å²) in [5.74, 6) is -0.707. The number of benzene rings is 2.